The standard InChI is InChI=1S/C20H14/c1-2-4-20-18-13-9-16(10-14-18)6-5-15-7-11-17(12-8-15)19(20)3-1/h1-14H/b6-5-,15-5?,16-6?,19-17?,20-18?. The third kappa shape index (κ3) is 1.86. The Morgan fingerprint density at radius 2 is 0.800 bits per heavy atom. The third-order valence-corrected chi connectivity index (χ3v) is 3.84. The number of hydrogen-bond donors (Lipinski definition) is 0. The third-order valence-electron chi connectivity index (χ3n) is 3.84. The summed E-state index contributed by atoms with van der Waals surface area (Å²) in [6, 6.07) is 26.1. The lowest BCUT2D eigenvalue weighted by Gasteiger charge is -2.11. The highest BCUT2D eigenvalue weighted by Gasteiger charge is 2.07. The van der Waals surface area contributed by atoms with Crippen molar-refractivity contribution in [2.24, 2.45) is 0 Å². The summed E-state index contributed by atoms with van der Waals surface area (Å²) < 4.78 is 0. The van der Waals surface area contributed by atoms with Gasteiger partial charge in [-0.2, -0.15) is 0 Å². The van der Waals surface area contributed by atoms with Crippen LogP contribution in [0.3, 0.4) is 0 Å². The molecule has 3 aromatic rings. The lowest BCUT2D eigenvalue weighted by Crippen LogP contribution is -1.86. The van der Waals surface area contributed by atoms with Crippen molar-refractivity contribution < 1.29 is 0 Å². The Kier molecular flexibility index (Phi) is 2.53. The SMILES string of the molecule is C1=C\c2ccc(cc2)-c2ccccc2-c2ccc/1cc2. The molecule has 0 saturated carbocycles. The van der Waals surface area contributed by atoms with E-state index in [0.29, 0.717) is 0 Å². The fraction of sp³-hybridized carbons (Fsp3) is 0. The molecule has 0 atom stereocenters. The van der Waals surface area contributed by atoms with Crippen LogP contribution >= 0.6 is 0 Å². The highest BCUT2D eigenvalue weighted by Crippen LogP contribution is 2.33. The minimum Gasteiger partial charge on any atom is -0.0616 e. The van der Waals surface area contributed by atoms with E-state index < -0.39 is 0 Å². The van der Waals surface area contributed by atoms with Crippen LogP contribution in [0.25, 0.3) is 34.4 Å². The molecule has 0 fully saturated rings. The molecule has 3 aromatic carbocycles. The first-order valence-corrected chi connectivity index (χ1v) is 6.88. The summed E-state index contributed by atoms with van der Waals surface area (Å²) in [5.74, 6) is 0. The van der Waals surface area contributed by atoms with Gasteiger partial charge in [0.05, 0.1) is 0 Å². The fourth-order valence-electron chi connectivity index (χ4n) is 2.73. The van der Waals surface area contributed by atoms with Crippen LogP contribution in [0, 0.1) is 0 Å². The van der Waals surface area contributed by atoms with Gasteiger partial charge in [-0.3, -0.25) is 0 Å². The van der Waals surface area contributed by atoms with Crippen LogP contribution in [0.4, 0.5) is 0 Å². The lowest BCUT2D eigenvalue weighted by atomic mass is 9.93. The fourth-order valence-corrected chi connectivity index (χ4v) is 2.73. The minimum absolute atomic E-state index is 1.23. The normalized spacial score (nSPS) is 13.4. The van der Waals surface area contributed by atoms with Crippen molar-refractivity contribution in [1.82, 2.24) is 0 Å². The predicted octanol–water partition coefficient (Wildman–Crippen LogP) is 5.50. The van der Waals surface area contributed by atoms with E-state index in [9.17, 15) is 0 Å². The maximum atomic E-state index is 2.20. The summed E-state index contributed by atoms with van der Waals surface area (Å²) >= 11 is 0. The van der Waals surface area contributed by atoms with Gasteiger partial charge < -0.3 is 0 Å². The van der Waals surface area contributed by atoms with Gasteiger partial charge in [0.1, 0.15) is 0 Å². The molecule has 0 N–H and O–H groups in total. The molecule has 0 amide bonds. The topological polar surface area (TPSA) is 0 Å². The Morgan fingerprint density at radius 3 is 1.20 bits per heavy atom. The minimum atomic E-state index is 1.23. The van der Waals surface area contributed by atoms with E-state index in [-0.39, 0.29) is 0 Å². The predicted molar refractivity (Wildman–Crippen MR) is 86.2 cm³/mol. The highest BCUT2D eigenvalue weighted by atomic mass is 14.1. The Labute approximate surface area is 119 Å². The smallest absolute Gasteiger partial charge is 0.0105 e. The molecule has 0 spiro atoms. The molecule has 0 unspecified atom stereocenters. The summed E-state index contributed by atoms with van der Waals surface area (Å²) in [6.07, 6.45) is 4.32. The molecule has 0 radical (unpaired) electrons. The Hall–Kier alpha value is -2.60. The monoisotopic (exact) mass is 254 g/mol. The molecule has 4 bridgehead atoms. The van der Waals surface area contributed by atoms with Crippen LogP contribution in [-0.4, -0.2) is 0 Å². The zero-order valence-corrected chi connectivity index (χ0v) is 11.1. The van der Waals surface area contributed by atoms with E-state index in [1.165, 1.54) is 33.4 Å². The first-order valence-electron chi connectivity index (χ1n) is 6.88. The largest absolute Gasteiger partial charge is 0.0616 e. The molecule has 0 aliphatic heterocycles. The Balaban J connectivity index is 2.07. The van der Waals surface area contributed by atoms with Gasteiger partial charge >= 0.3 is 0 Å². The average Bonchev–Trinajstić information content (AvgIpc) is 2.52. The van der Waals surface area contributed by atoms with Gasteiger partial charge in [-0.25, -0.2) is 0 Å². The molecular formula is C20H14. The first kappa shape index (κ1) is 11.2. The van der Waals surface area contributed by atoms with Gasteiger partial charge in [0, 0.05) is 0 Å². The second-order valence-corrected chi connectivity index (χ2v) is 5.12. The zero-order chi connectivity index (χ0) is 13.4. The lowest BCUT2D eigenvalue weighted by molar-refractivity contribution is 1.56. The number of hydrogen-bond acceptors (Lipinski definition) is 0. The number of benzene rings is 3. The van der Waals surface area contributed by atoms with Gasteiger partial charge in [0.25, 0.3) is 0 Å². The second kappa shape index (κ2) is 4.50. The van der Waals surface area contributed by atoms with Gasteiger partial charge in [-0.05, 0) is 33.4 Å². The molecule has 0 heterocycles. The van der Waals surface area contributed by atoms with Crippen LogP contribution in [0.15, 0.2) is 72.8 Å². The van der Waals surface area contributed by atoms with Gasteiger partial charge in [-0.1, -0.05) is 84.9 Å². The van der Waals surface area contributed by atoms with Gasteiger partial charge in [0.2, 0.25) is 0 Å². The van der Waals surface area contributed by atoms with Crippen LogP contribution in [0.1, 0.15) is 11.1 Å². The molecular weight excluding hydrogens is 240 g/mol. The summed E-state index contributed by atoms with van der Waals surface area (Å²) in [4.78, 5) is 0. The van der Waals surface area contributed by atoms with Crippen LogP contribution in [0.2, 0.25) is 0 Å². The molecule has 0 saturated heterocycles. The van der Waals surface area contributed by atoms with Gasteiger partial charge in [-0.15, -0.1) is 0 Å². The van der Waals surface area contributed by atoms with Crippen molar-refractivity contribution >= 4 is 12.2 Å². The van der Waals surface area contributed by atoms with Crippen molar-refractivity contribution in [2.45, 2.75) is 0 Å². The molecule has 0 aromatic heterocycles. The maximum Gasteiger partial charge on any atom is -0.0105 e. The van der Waals surface area contributed by atoms with Crippen LogP contribution in [0.5, 0.6) is 0 Å². The Bertz CT molecular complexity index is 707. The summed E-state index contributed by atoms with van der Waals surface area (Å²) in [7, 11) is 0. The molecule has 0 heteroatoms. The van der Waals surface area contributed by atoms with E-state index in [0.717, 1.165) is 0 Å². The van der Waals surface area contributed by atoms with Crippen LogP contribution < -0.4 is 0 Å². The zero-order valence-electron chi connectivity index (χ0n) is 11.1. The molecule has 7 rings (SSSR count). The van der Waals surface area contributed by atoms with E-state index in [4.69, 9.17) is 0 Å². The Morgan fingerprint density at radius 1 is 0.400 bits per heavy atom. The summed E-state index contributed by atoms with van der Waals surface area (Å²) in [6.45, 7) is 0. The highest BCUT2D eigenvalue weighted by molar-refractivity contribution is 5.85. The van der Waals surface area contributed by atoms with E-state index >= 15 is 0 Å². The average molecular weight is 254 g/mol. The first-order chi connectivity index (χ1) is 9.90. The van der Waals surface area contributed by atoms with Crippen molar-refractivity contribution in [3.8, 4) is 22.3 Å². The van der Waals surface area contributed by atoms with Gasteiger partial charge in [0.15, 0.2) is 0 Å². The second-order valence-electron chi connectivity index (χ2n) is 5.12. The molecule has 20 heavy (non-hydrogen) atoms. The van der Waals surface area contributed by atoms with E-state index in [1.807, 2.05) is 0 Å². The van der Waals surface area contributed by atoms with Crippen LogP contribution in [-0.2, 0) is 0 Å². The molecule has 94 valence electrons. The van der Waals surface area contributed by atoms with E-state index in [1.54, 1.807) is 0 Å². The van der Waals surface area contributed by atoms with Crippen molar-refractivity contribution in [3.63, 3.8) is 0 Å². The molecule has 4 aliphatic rings. The quantitative estimate of drug-likeness (QED) is 0.388. The maximum absolute atomic E-state index is 2.20. The van der Waals surface area contributed by atoms with Crippen molar-refractivity contribution in [1.29, 1.82) is 0 Å². The molecule has 4 aliphatic carbocycles. The number of rotatable bonds is 0. The summed E-state index contributed by atoms with van der Waals surface area (Å²) in [5.41, 5.74) is 7.57. The van der Waals surface area contributed by atoms with Crippen molar-refractivity contribution in [2.75, 3.05) is 0 Å². The molecule has 0 nitrogen and oxygen atoms in total. The van der Waals surface area contributed by atoms with E-state index in [2.05, 4.69) is 84.9 Å². The van der Waals surface area contributed by atoms with Crippen molar-refractivity contribution in [3.05, 3.63) is 83.9 Å². The summed E-state index contributed by atoms with van der Waals surface area (Å²) in [5, 5.41) is 0.